The molecule has 134 valence electrons. The Balaban J connectivity index is 1.63. The highest BCUT2D eigenvalue weighted by molar-refractivity contribution is 5.93. The van der Waals surface area contributed by atoms with Crippen LogP contribution in [0.4, 0.5) is 8.78 Å². The molecule has 1 aliphatic rings. The molecule has 0 aliphatic carbocycles. The minimum atomic E-state index is -0.502. The van der Waals surface area contributed by atoms with Crippen LogP contribution in [0.3, 0.4) is 0 Å². The number of benzene rings is 1. The molecule has 0 radical (unpaired) electrons. The van der Waals surface area contributed by atoms with Gasteiger partial charge in [-0.3, -0.25) is 4.79 Å². The first-order chi connectivity index (χ1) is 12.0. The van der Waals surface area contributed by atoms with Crippen LogP contribution in [0.5, 0.6) is 0 Å². The van der Waals surface area contributed by atoms with Crippen LogP contribution in [-0.2, 0) is 6.42 Å². The van der Waals surface area contributed by atoms with Crippen molar-refractivity contribution in [3.63, 3.8) is 0 Å². The molecule has 2 aromatic rings. The van der Waals surface area contributed by atoms with E-state index in [4.69, 9.17) is 4.42 Å². The third kappa shape index (κ3) is 3.89. The number of aromatic nitrogens is 1. The van der Waals surface area contributed by atoms with Gasteiger partial charge in [0.05, 0.1) is 0 Å². The SMILES string of the molecule is Cc1nc(C(=O)N2CCCC(CCc3c(F)cccc3F)C2)c(C)o1. The van der Waals surface area contributed by atoms with E-state index in [-0.39, 0.29) is 17.4 Å². The Morgan fingerprint density at radius 1 is 1.32 bits per heavy atom. The Bertz CT molecular complexity index is 753. The lowest BCUT2D eigenvalue weighted by atomic mass is 9.91. The molecule has 0 bridgehead atoms. The Kier molecular flexibility index (Phi) is 5.16. The second-order valence-electron chi connectivity index (χ2n) is 6.64. The van der Waals surface area contributed by atoms with E-state index in [1.165, 1.54) is 18.2 Å². The number of rotatable bonds is 4. The van der Waals surface area contributed by atoms with Crippen LogP contribution < -0.4 is 0 Å². The maximum Gasteiger partial charge on any atom is 0.276 e. The molecule has 0 N–H and O–H groups in total. The average molecular weight is 348 g/mol. The summed E-state index contributed by atoms with van der Waals surface area (Å²) in [6, 6.07) is 3.94. The maximum absolute atomic E-state index is 13.8. The molecule has 6 heteroatoms. The number of piperidine rings is 1. The molecule has 1 unspecified atom stereocenters. The van der Waals surface area contributed by atoms with Gasteiger partial charge in [-0.05, 0) is 50.7 Å². The summed E-state index contributed by atoms with van der Waals surface area (Å²) in [5, 5.41) is 0. The van der Waals surface area contributed by atoms with Crippen molar-refractivity contribution in [3.8, 4) is 0 Å². The maximum atomic E-state index is 13.8. The smallest absolute Gasteiger partial charge is 0.276 e. The molecule has 1 aliphatic heterocycles. The van der Waals surface area contributed by atoms with Crippen LogP contribution in [0.15, 0.2) is 22.6 Å². The summed E-state index contributed by atoms with van der Waals surface area (Å²) >= 11 is 0. The van der Waals surface area contributed by atoms with Crippen LogP contribution in [0, 0.1) is 31.4 Å². The van der Waals surface area contributed by atoms with Crippen LogP contribution in [-0.4, -0.2) is 28.9 Å². The normalized spacial score (nSPS) is 17.8. The first-order valence-electron chi connectivity index (χ1n) is 8.62. The van der Waals surface area contributed by atoms with Gasteiger partial charge in [0.25, 0.3) is 5.91 Å². The number of amides is 1. The van der Waals surface area contributed by atoms with E-state index in [0.717, 1.165) is 12.8 Å². The first kappa shape index (κ1) is 17.6. The van der Waals surface area contributed by atoms with Crippen molar-refractivity contribution in [1.82, 2.24) is 9.88 Å². The van der Waals surface area contributed by atoms with Crippen molar-refractivity contribution >= 4 is 5.91 Å². The van der Waals surface area contributed by atoms with Gasteiger partial charge in [-0.1, -0.05) is 6.07 Å². The highest BCUT2D eigenvalue weighted by atomic mass is 19.1. The van der Waals surface area contributed by atoms with Crippen LogP contribution >= 0.6 is 0 Å². The highest BCUT2D eigenvalue weighted by Gasteiger charge is 2.27. The van der Waals surface area contributed by atoms with Gasteiger partial charge in [0.1, 0.15) is 17.4 Å². The van der Waals surface area contributed by atoms with Gasteiger partial charge in [-0.15, -0.1) is 0 Å². The van der Waals surface area contributed by atoms with E-state index >= 15 is 0 Å². The van der Waals surface area contributed by atoms with Crippen LogP contribution in [0.25, 0.3) is 0 Å². The van der Waals surface area contributed by atoms with Gasteiger partial charge < -0.3 is 9.32 Å². The number of halogens is 2. The van der Waals surface area contributed by atoms with Gasteiger partial charge in [-0.25, -0.2) is 13.8 Å². The summed E-state index contributed by atoms with van der Waals surface area (Å²) in [6.45, 7) is 4.70. The molecule has 1 fully saturated rings. The lowest BCUT2D eigenvalue weighted by Gasteiger charge is -2.32. The number of likely N-dealkylation sites (tertiary alicyclic amines) is 1. The van der Waals surface area contributed by atoms with E-state index in [1.807, 2.05) is 0 Å². The van der Waals surface area contributed by atoms with E-state index in [0.29, 0.717) is 43.3 Å². The fourth-order valence-electron chi connectivity index (χ4n) is 3.48. The van der Waals surface area contributed by atoms with E-state index in [1.54, 1.807) is 18.7 Å². The minimum Gasteiger partial charge on any atom is -0.445 e. The second-order valence-corrected chi connectivity index (χ2v) is 6.64. The van der Waals surface area contributed by atoms with Crippen molar-refractivity contribution < 1.29 is 18.0 Å². The van der Waals surface area contributed by atoms with E-state index in [2.05, 4.69) is 4.98 Å². The number of nitrogens with zero attached hydrogens (tertiary/aromatic N) is 2. The number of aryl methyl sites for hydroxylation is 2. The summed E-state index contributed by atoms with van der Waals surface area (Å²) in [7, 11) is 0. The zero-order chi connectivity index (χ0) is 18.0. The molecular weight excluding hydrogens is 326 g/mol. The minimum absolute atomic E-state index is 0.129. The fraction of sp³-hybridized carbons (Fsp3) is 0.474. The Hall–Kier alpha value is -2.24. The zero-order valence-corrected chi connectivity index (χ0v) is 14.5. The molecular formula is C19H22F2N2O2. The summed E-state index contributed by atoms with van der Waals surface area (Å²) < 4.78 is 32.9. The number of hydrogen-bond donors (Lipinski definition) is 0. The zero-order valence-electron chi connectivity index (χ0n) is 14.5. The van der Waals surface area contributed by atoms with Gasteiger partial charge in [0.15, 0.2) is 11.6 Å². The first-order valence-corrected chi connectivity index (χ1v) is 8.62. The Morgan fingerprint density at radius 2 is 2.04 bits per heavy atom. The van der Waals surface area contributed by atoms with Crippen molar-refractivity contribution in [1.29, 1.82) is 0 Å². The molecule has 0 saturated carbocycles. The molecule has 1 amide bonds. The molecule has 25 heavy (non-hydrogen) atoms. The van der Waals surface area contributed by atoms with Gasteiger partial charge >= 0.3 is 0 Å². The van der Waals surface area contributed by atoms with Gasteiger partial charge in [-0.2, -0.15) is 0 Å². The Morgan fingerprint density at radius 3 is 2.68 bits per heavy atom. The third-order valence-electron chi connectivity index (χ3n) is 4.78. The molecule has 2 heterocycles. The molecule has 0 spiro atoms. The molecule has 1 saturated heterocycles. The quantitative estimate of drug-likeness (QED) is 0.837. The predicted molar refractivity (Wildman–Crippen MR) is 89.3 cm³/mol. The van der Waals surface area contributed by atoms with Crippen LogP contribution in [0.1, 0.15) is 47.0 Å². The topological polar surface area (TPSA) is 46.3 Å². The van der Waals surface area contributed by atoms with E-state index < -0.39 is 11.6 Å². The molecule has 1 atom stereocenters. The molecule has 1 aromatic heterocycles. The predicted octanol–water partition coefficient (Wildman–Crippen LogP) is 4.05. The number of carbonyl (C=O) groups excluding carboxylic acids is 1. The van der Waals surface area contributed by atoms with Crippen molar-refractivity contribution in [2.24, 2.45) is 5.92 Å². The fourth-order valence-corrected chi connectivity index (χ4v) is 3.48. The standard InChI is InChI=1S/C19H22F2N2O2/c1-12-18(22-13(2)25-12)19(24)23-10-4-5-14(11-23)8-9-15-16(20)6-3-7-17(15)21/h3,6-7,14H,4-5,8-11H2,1-2H3. The summed E-state index contributed by atoms with van der Waals surface area (Å²) in [4.78, 5) is 18.6. The highest BCUT2D eigenvalue weighted by Crippen LogP contribution is 2.25. The second kappa shape index (κ2) is 7.33. The number of carbonyl (C=O) groups is 1. The summed E-state index contributed by atoms with van der Waals surface area (Å²) in [5.41, 5.74) is 0.493. The van der Waals surface area contributed by atoms with Crippen molar-refractivity contribution in [2.45, 2.75) is 39.5 Å². The van der Waals surface area contributed by atoms with Crippen molar-refractivity contribution in [3.05, 3.63) is 52.7 Å². The van der Waals surface area contributed by atoms with E-state index in [9.17, 15) is 13.6 Å². The average Bonchev–Trinajstić information content (AvgIpc) is 2.92. The third-order valence-corrected chi connectivity index (χ3v) is 4.78. The largest absolute Gasteiger partial charge is 0.445 e. The molecule has 3 rings (SSSR count). The van der Waals surface area contributed by atoms with Gasteiger partial charge in [0, 0.05) is 25.6 Å². The lowest BCUT2D eigenvalue weighted by molar-refractivity contribution is 0.0661. The van der Waals surface area contributed by atoms with Crippen LogP contribution in [0.2, 0.25) is 0 Å². The molecule has 4 nitrogen and oxygen atoms in total. The lowest BCUT2D eigenvalue weighted by Crippen LogP contribution is -2.40. The Labute approximate surface area is 145 Å². The number of oxazole rings is 1. The van der Waals surface area contributed by atoms with Gasteiger partial charge in [0.2, 0.25) is 0 Å². The molecule has 1 aromatic carbocycles. The monoisotopic (exact) mass is 348 g/mol. The summed E-state index contributed by atoms with van der Waals surface area (Å²) in [6.07, 6.45) is 2.83. The number of hydrogen-bond acceptors (Lipinski definition) is 3. The summed E-state index contributed by atoms with van der Waals surface area (Å²) in [5.74, 6) is 0.0958. The van der Waals surface area contributed by atoms with Crippen molar-refractivity contribution in [2.75, 3.05) is 13.1 Å².